The summed E-state index contributed by atoms with van der Waals surface area (Å²) >= 11 is 1.45. The predicted octanol–water partition coefficient (Wildman–Crippen LogP) is 0.879. The second kappa shape index (κ2) is 5.46. The summed E-state index contributed by atoms with van der Waals surface area (Å²) in [4.78, 5) is 27.6. The normalized spacial score (nSPS) is 10.1. The van der Waals surface area contributed by atoms with Crippen LogP contribution >= 0.6 is 11.3 Å². The summed E-state index contributed by atoms with van der Waals surface area (Å²) in [5.74, 6) is -0.292. The van der Waals surface area contributed by atoms with Gasteiger partial charge in [0.2, 0.25) is 5.91 Å². The number of oxazole rings is 1. The van der Waals surface area contributed by atoms with Crippen molar-refractivity contribution in [2.45, 2.75) is 0 Å². The van der Waals surface area contributed by atoms with Crippen molar-refractivity contribution in [1.82, 2.24) is 15.6 Å². The largest absolute Gasteiger partial charge is 0.442 e. The summed E-state index contributed by atoms with van der Waals surface area (Å²) in [6, 6.07) is 3.69. The first-order valence-electron chi connectivity index (χ1n) is 5.18. The fraction of sp³-hybridized carbons (Fsp3) is 0.182. The number of hydrogen-bond donors (Lipinski definition) is 2. The van der Waals surface area contributed by atoms with Gasteiger partial charge in [0.1, 0.15) is 0 Å². The molecule has 2 aromatic heterocycles. The maximum atomic E-state index is 11.8. The highest BCUT2D eigenvalue weighted by Gasteiger charge is 2.19. The van der Waals surface area contributed by atoms with Gasteiger partial charge in [-0.1, -0.05) is 6.07 Å². The van der Waals surface area contributed by atoms with Gasteiger partial charge in [0, 0.05) is 7.05 Å². The highest BCUT2D eigenvalue weighted by molar-refractivity contribution is 7.13. The Labute approximate surface area is 107 Å². The van der Waals surface area contributed by atoms with Crippen molar-refractivity contribution in [3.05, 3.63) is 29.6 Å². The lowest BCUT2D eigenvalue weighted by atomic mass is 10.3. The minimum absolute atomic E-state index is 0.0912. The number of carbonyl (C=O) groups excluding carboxylic acids is 2. The van der Waals surface area contributed by atoms with Gasteiger partial charge in [-0.3, -0.25) is 9.59 Å². The lowest BCUT2D eigenvalue weighted by molar-refractivity contribution is -0.119. The standard InChI is InChI=1S/C11H11N3O3S/c1-12-8(15)5-13-11(16)9-10(17-6-14-9)7-3-2-4-18-7/h2-4,6H,5H2,1H3,(H,12,15)(H,13,16). The SMILES string of the molecule is CNC(=O)CNC(=O)c1ncoc1-c1cccs1. The van der Waals surface area contributed by atoms with Gasteiger partial charge in [0.15, 0.2) is 17.8 Å². The summed E-state index contributed by atoms with van der Waals surface area (Å²) < 4.78 is 5.20. The van der Waals surface area contributed by atoms with E-state index in [0.717, 1.165) is 4.88 Å². The van der Waals surface area contributed by atoms with Crippen molar-refractivity contribution in [3.63, 3.8) is 0 Å². The van der Waals surface area contributed by atoms with Crippen molar-refractivity contribution < 1.29 is 14.0 Å². The Balaban J connectivity index is 2.12. The van der Waals surface area contributed by atoms with Crippen molar-refractivity contribution in [2.24, 2.45) is 0 Å². The van der Waals surface area contributed by atoms with Gasteiger partial charge < -0.3 is 15.1 Å². The molecule has 0 saturated heterocycles. The van der Waals surface area contributed by atoms with Crippen LogP contribution < -0.4 is 10.6 Å². The summed E-state index contributed by atoms with van der Waals surface area (Å²) in [7, 11) is 1.50. The number of carbonyl (C=O) groups is 2. The summed E-state index contributed by atoms with van der Waals surface area (Å²) in [5, 5.41) is 6.76. The molecule has 2 amide bonds. The molecule has 94 valence electrons. The van der Waals surface area contributed by atoms with Gasteiger partial charge in [0.25, 0.3) is 5.91 Å². The van der Waals surface area contributed by atoms with Crippen LogP contribution in [0.15, 0.2) is 28.3 Å². The van der Waals surface area contributed by atoms with Crippen molar-refractivity contribution >= 4 is 23.2 Å². The molecule has 0 aliphatic heterocycles. The van der Waals surface area contributed by atoms with Crippen LogP contribution in [0.4, 0.5) is 0 Å². The maximum absolute atomic E-state index is 11.8. The Morgan fingerprint density at radius 3 is 3.00 bits per heavy atom. The lowest BCUT2D eigenvalue weighted by Crippen LogP contribution is -2.35. The van der Waals surface area contributed by atoms with E-state index in [4.69, 9.17) is 4.42 Å². The Hall–Kier alpha value is -2.15. The first-order valence-corrected chi connectivity index (χ1v) is 6.06. The first kappa shape index (κ1) is 12.3. The average Bonchev–Trinajstić information content (AvgIpc) is 3.04. The zero-order chi connectivity index (χ0) is 13.0. The summed E-state index contributed by atoms with van der Waals surface area (Å²) in [5.41, 5.74) is 0.182. The Kier molecular flexibility index (Phi) is 3.73. The Morgan fingerprint density at radius 1 is 1.50 bits per heavy atom. The molecule has 0 aliphatic rings. The molecule has 0 saturated carbocycles. The first-order chi connectivity index (χ1) is 8.72. The van der Waals surface area contributed by atoms with Gasteiger partial charge in [-0.05, 0) is 11.4 Å². The number of nitrogens with one attached hydrogen (secondary N) is 2. The van der Waals surface area contributed by atoms with E-state index in [2.05, 4.69) is 15.6 Å². The fourth-order valence-corrected chi connectivity index (χ4v) is 2.04. The second-order valence-electron chi connectivity index (χ2n) is 3.36. The number of nitrogens with zero attached hydrogens (tertiary/aromatic N) is 1. The monoisotopic (exact) mass is 265 g/mol. The van der Waals surface area contributed by atoms with Crippen LogP contribution in [0.1, 0.15) is 10.5 Å². The molecule has 0 bridgehead atoms. The number of amides is 2. The zero-order valence-electron chi connectivity index (χ0n) is 9.60. The third kappa shape index (κ3) is 2.57. The molecular weight excluding hydrogens is 254 g/mol. The summed E-state index contributed by atoms with van der Waals surface area (Å²) in [6.07, 6.45) is 1.21. The topological polar surface area (TPSA) is 84.2 Å². The molecule has 2 aromatic rings. The molecule has 7 heteroatoms. The van der Waals surface area contributed by atoms with Crippen LogP contribution in [0.2, 0.25) is 0 Å². The maximum Gasteiger partial charge on any atom is 0.274 e. The molecule has 2 N–H and O–H groups in total. The molecule has 0 radical (unpaired) electrons. The minimum Gasteiger partial charge on any atom is -0.442 e. The second-order valence-corrected chi connectivity index (χ2v) is 4.31. The summed E-state index contributed by atoms with van der Waals surface area (Å²) in [6.45, 7) is -0.0912. The minimum atomic E-state index is -0.434. The van der Waals surface area contributed by atoms with Crippen LogP contribution in [0.25, 0.3) is 10.6 Å². The van der Waals surface area contributed by atoms with E-state index in [-0.39, 0.29) is 18.1 Å². The van der Waals surface area contributed by atoms with Gasteiger partial charge in [0.05, 0.1) is 11.4 Å². The van der Waals surface area contributed by atoms with E-state index in [1.807, 2.05) is 17.5 Å². The molecule has 0 spiro atoms. The van der Waals surface area contributed by atoms with E-state index in [1.165, 1.54) is 24.8 Å². The molecule has 2 heterocycles. The number of thiophene rings is 1. The number of hydrogen-bond acceptors (Lipinski definition) is 5. The smallest absolute Gasteiger partial charge is 0.274 e. The van der Waals surface area contributed by atoms with Gasteiger partial charge in [-0.2, -0.15) is 0 Å². The average molecular weight is 265 g/mol. The van der Waals surface area contributed by atoms with Crippen molar-refractivity contribution in [1.29, 1.82) is 0 Å². The number of likely N-dealkylation sites (N-methyl/N-ethyl adjacent to an activating group) is 1. The number of aromatic nitrogens is 1. The van der Waals surface area contributed by atoms with Crippen molar-refractivity contribution in [2.75, 3.05) is 13.6 Å². The molecule has 2 rings (SSSR count). The Morgan fingerprint density at radius 2 is 2.33 bits per heavy atom. The quantitative estimate of drug-likeness (QED) is 0.859. The molecule has 0 unspecified atom stereocenters. The fourth-order valence-electron chi connectivity index (χ4n) is 1.32. The molecule has 0 atom stereocenters. The van der Waals surface area contributed by atoms with Crippen molar-refractivity contribution in [3.8, 4) is 10.6 Å². The van der Waals surface area contributed by atoms with Crippen LogP contribution in [-0.2, 0) is 4.79 Å². The van der Waals surface area contributed by atoms with Gasteiger partial charge in [-0.25, -0.2) is 4.98 Å². The van der Waals surface area contributed by atoms with Crippen LogP contribution in [0.5, 0.6) is 0 Å². The van der Waals surface area contributed by atoms with Gasteiger partial charge in [-0.15, -0.1) is 11.3 Å². The Bertz CT molecular complexity index is 548. The highest BCUT2D eigenvalue weighted by atomic mass is 32.1. The number of rotatable bonds is 4. The van der Waals surface area contributed by atoms with E-state index in [9.17, 15) is 9.59 Å². The zero-order valence-corrected chi connectivity index (χ0v) is 10.4. The molecule has 18 heavy (non-hydrogen) atoms. The van der Waals surface area contributed by atoms with Crippen LogP contribution in [0.3, 0.4) is 0 Å². The van der Waals surface area contributed by atoms with Crippen LogP contribution in [0, 0.1) is 0 Å². The van der Waals surface area contributed by atoms with E-state index >= 15 is 0 Å². The molecule has 6 nitrogen and oxygen atoms in total. The molecule has 0 aromatic carbocycles. The third-order valence-corrected chi connectivity index (χ3v) is 3.08. The van der Waals surface area contributed by atoms with E-state index in [1.54, 1.807) is 0 Å². The van der Waals surface area contributed by atoms with E-state index in [0.29, 0.717) is 5.76 Å². The predicted molar refractivity (Wildman–Crippen MR) is 66.2 cm³/mol. The highest BCUT2D eigenvalue weighted by Crippen LogP contribution is 2.27. The van der Waals surface area contributed by atoms with Crippen LogP contribution in [-0.4, -0.2) is 30.4 Å². The molecular formula is C11H11N3O3S. The van der Waals surface area contributed by atoms with Gasteiger partial charge >= 0.3 is 0 Å². The molecule has 0 aliphatic carbocycles. The van der Waals surface area contributed by atoms with E-state index < -0.39 is 5.91 Å². The third-order valence-electron chi connectivity index (χ3n) is 2.22. The lowest BCUT2D eigenvalue weighted by Gasteiger charge is -2.02. The molecule has 0 fully saturated rings.